The topological polar surface area (TPSA) is 84.3 Å². The number of nitrogens with zero attached hydrogens (tertiary/aromatic N) is 1. The van der Waals surface area contributed by atoms with E-state index in [1.807, 2.05) is 0 Å². The maximum atomic E-state index is 12.3. The molecule has 1 aromatic heterocycles. The van der Waals surface area contributed by atoms with Crippen LogP contribution in [0.25, 0.3) is 0 Å². The third kappa shape index (κ3) is 5.72. The van der Waals surface area contributed by atoms with Crippen molar-refractivity contribution < 1.29 is 9.84 Å². The quantitative estimate of drug-likeness (QED) is 0.424. The Morgan fingerprint density at radius 3 is 2.14 bits per heavy atom. The van der Waals surface area contributed by atoms with Crippen molar-refractivity contribution in [3.63, 3.8) is 0 Å². The molecule has 0 bridgehead atoms. The first-order valence-corrected chi connectivity index (χ1v) is 18.8. The molecule has 0 amide bonds. The van der Waals surface area contributed by atoms with Crippen molar-refractivity contribution >= 4 is 18.4 Å². The predicted molar refractivity (Wildman–Crippen MR) is 116 cm³/mol. The summed E-state index contributed by atoms with van der Waals surface area (Å²) in [6.07, 6.45) is 9.18. The van der Waals surface area contributed by atoms with Crippen LogP contribution in [-0.4, -0.2) is 45.7 Å². The standard InChI is InChI=1S/C9H11N2O4.3C4H9.Sn/c12-5-6-1-2-8(15-6)11-4-3-7(13)10-9(11)14;3*1-3-4-2;/h1,3-4,6,8,12H,2,5H2,(H,10,13,14);3*1,3-4H2,2H3;/t6-,8+;;;;/m0..../s1. The molecule has 28 heavy (non-hydrogen) atoms. The first-order chi connectivity index (χ1) is 13.5. The molecule has 0 aliphatic carbocycles. The number of aromatic amines is 1. The van der Waals surface area contributed by atoms with Crippen LogP contribution in [0.15, 0.2) is 21.9 Å². The zero-order valence-corrected chi connectivity index (χ0v) is 20.6. The molecule has 3 atom stereocenters. The summed E-state index contributed by atoms with van der Waals surface area (Å²) in [6, 6.07) is 1.37. The predicted octanol–water partition coefficient (Wildman–Crippen LogP) is 4.04. The molecular formula is C21H38N2O4Sn. The van der Waals surface area contributed by atoms with Crippen molar-refractivity contribution in [3.05, 3.63) is 33.1 Å². The van der Waals surface area contributed by atoms with Crippen molar-refractivity contribution in [2.24, 2.45) is 0 Å². The van der Waals surface area contributed by atoms with Gasteiger partial charge in [0.2, 0.25) is 0 Å². The van der Waals surface area contributed by atoms with Gasteiger partial charge in [-0.25, -0.2) is 0 Å². The number of hydrogen-bond acceptors (Lipinski definition) is 4. The van der Waals surface area contributed by atoms with Gasteiger partial charge in [0.15, 0.2) is 0 Å². The van der Waals surface area contributed by atoms with Gasteiger partial charge in [0.05, 0.1) is 0 Å². The molecule has 1 fully saturated rings. The van der Waals surface area contributed by atoms with Crippen LogP contribution in [0.1, 0.15) is 71.9 Å². The molecule has 0 spiro atoms. The van der Waals surface area contributed by atoms with E-state index in [1.165, 1.54) is 68.7 Å². The van der Waals surface area contributed by atoms with Gasteiger partial charge in [-0.1, -0.05) is 0 Å². The van der Waals surface area contributed by atoms with Gasteiger partial charge < -0.3 is 0 Å². The Morgan fingerprint density at radius 1 is 1.11 bits per heavy atom. The van der Waals surface area contributed by atoms with Crippen LogP contribution in [0.5, 0.6) is 0 Å². The number of unbranched alkanes of at least 4 members (excludes halogenated alkanes) is 3. The van der Waals surface area contributed by atoms with E-state index in [1.54, 1.807) is 0 Å². The van der Waals surface area contributed by atoms with Crippen molar-refractivity contribution in [3.8, 4) is 0 Å². The zero-order chi connectivity index (χ0) is 20.6. The van der Waals surface area contributed by atoms with Gasteiger partial charge >= 0.3 is 173 Å². The van der Waals surface area contributed by atoms with E-state index in [-0.39, 0.29) is 18.9 Å². The van der Waals surface area contributed by atoms with Crippen molar-refractivity contribution in [2.45, 2.75) is 95.3 Å². The fraction of sp³-hybridized carbons (Fsp3) is 0.810. The van der Waals surface area contributed by atoms with E-state index < -0.39 is 29.6 Å². The Balaban J connectivity index is 2.35. The number of H-pyrrole nitrogens is 1. The van der Waals surface area contributed by atoms with Crippen molar-refractivity contribution in [2.75, 3.05) is 6.61 Å². The van der Waals surface area contributed by atoms with Gasteiger partial charge in [0.25, 0.3) is 0 Å². The molecule has 1 saturated heterocycles. The zero-order valence-electron chi connectivity index (χ0n) is 17.8. The Bertz CT molecular complexity index is 680. The molecular weight excluding hydrogens is 463 g/mol. The van der Waals surface area contributed by atoms with E-state index in [0.29, 0.717) is 3.93 Å². The number of rotatable bonds is 12. The molecule has 2 N–H and O–H groups in total. The summed E-state index contributed by atoms with van der Waals surface area (Å²) in [7, 11) is 0. The Labute approximate surface area is 172 Å². The van der Waals surface area contributed by atoms with E-state index >= 15 is 0 Å². The van der Waals surface area contributed by atoms with E-state index in [4.69, 9.17) is 4.74 Å². The molecule has 0 radical (unpaired) electrons. The van der Waals surface area contributed by atoms with Gasteiger partial charge in [-0.05, 0) is 0 Å². The number of aliphatic hydroxyl groups is 1. The summed E-state index contributed by atoms with van der Waals surface area (Å²) < 4.78 is 12.2. The minimum absolute atomic E-state index is 0.0162. The molecule has 2 rings (SSSR count). The fourth-order valence-electron chi connectivity index (χ4n) is 4.89. The van der Waals surface area contributed by atoms with E-state index in [2.05, 4.69) is 25.8 Å². The summed E-state index contributed by atoms with van der Waals surface area (Å²) in [5, 5.41) is 10.1. The van der Waals surface area contributed by atoms with Crippen LogP contribution in [0.4, 0.5) is 0 Å². The van der Waals surface area contributed by atoms with E-state index in [0.717, 1.165) is 6.42 Å². The normalized spacial score (nSPS) is 22.6. The van der Waals surface area contributed by atoms with Crippen LogP contribution in [-0.2, 0) is 4.74 Å². The van der Waals surface area contributed by atoms with Crippen molar-refractivity contribution in [1.82, 2.24) is 9.55 Å². The summed E-state index contributed by atoms with van der Waals surface area (Å²) in [6.45, 7) is 6.79. The number of aromatic nitrogens is 2. The third-order valence-corrected chi connectivity index (χ3v) is 24.2. The van der Waals surface area contributed by atoms with Crippen LogP contribution in [0.3, 0.4) is 0 Å². The molecule has 1 aliphatic heterocycles. The second-order valence-corrected chi connectivity index (χ2v) is 22.5. The van der Waals surface area contributed by atoms with Crippen LogP contribution in [0.2, 0.25) is 17.2 Å². The number of aliphatic hydroxyl groups excluding tert-OH is 1. The number of hydrogen-bond donors (Lipinski definition) is 2. The summed E-state index contributed by atoms with van der Waals surface area (Å²) in [5.41, 5.74) is -0.817. The SMILES string of the molecule is CCC[CH2][Sn]([CH2]CCC)([CH2]CCC)[C@H]1C[C@H](n2ccc(=O)[nH]c2=O)O[C@@H]1CO. The number of ether oxygens (including phenoxy) is 1. The second kappa shape index (κ2) is 11.5. The van der Waals surface area contributed by atoms with E-state index in [9.17, 15) is 14.7 Å². The molecule has 160 valence electrons. The van der Waals surface area contributed by atoms with Gasteiger partial charge in [0.1, 0.15) is 0 Å². The van der Waals surface area contributed by atoms with Crippen LogP contribution in [0, 0.1) is 0 Å². The fourth-order valence-corrected chi connectivity index (χ4v) is 24.0. The van der Waals surface area contributed by atoms with Gasteiger partial charge in [-0.3, -0.25) is 0 Å². The summed E-state index contributed by atoms with van der Waals surface area (Å²) in [5.74, 6) is 0. The average Bonchev–Trinajstić information content (AvgIpc) is 3.12. The Hall–Kier alpha value is -0.601. The maximum absolute atomic E-state index is 12.3. The molecule has 1 aliphatic rings. The van der Waals surface area contributed by atoms with Gasteiger partial charge in [-0.2, -0.15) is 0 Å². The van der Waals surface area contributed by atoms with Gasteiger partial charge in [-0.15, -0.1) is 0 Å². The third-order valence-electron chi connectivity index (χ3n) is 6.45. The number of nitrogens with one attached hydrogen (secondary N) is 1. The monoisotopic (exact) mass is 502 g/mol. The van der Waals surface area contributed by atoms with Crippen LogP contribution < -0.4 is 11.2 Å². The molecule has 7 heteroatoms. The van der Waals surface area contributed by atoms with Gasteiger partial charge in [0, 0.05) is 0 Å². The Morgan fingerprint density at radius 2 is 1.68 bits per heavy atom. The average molecular weight is 501 g/mol. The summed E-state index contributed by atoms with van der Waals surface area (Å²) in [4.78, 5) is 26.0. The summed E-state index contributed by atoms with van der Waals surface area (Å²) >= 11 is -2.62. The molecule has 2 heterocycles. The molecule has 0 unspecified atom stereocenters. The minimum atomic E-state index is -2.62. The van der Waals surface area contributed by atoms with Crippen LogP contribution >= 0.6 is 0 Å². The second-order valence-electron chi connectivity index (χ2n) is 8.34. The molecule has 0 saturated carbocycles. The molecule has 0 aromatic carbocycles. The van der Waals surface area contributed by atoms with Crippen molar-refractivity contribution in [1.29, 1.82) is 0 Å². The first-order valence-electron chi connectivity index (χ1n) is 11.1. The molecule has 1 aromatic rings. The molecule has 6 nitrogen and oxygen atoms in total. The first kappa shape index (κ1) is 23.7. The Kier molecular flexibility index (Phi) is 9.77.